The molecule has 7 saturated heterocycles. The van der Waals surface area contributed by atoms with Crippen LogP contribution >= 0.6 is 0 Å². The highest BCUT2D eigenvalue weighted by atomic mass is 16.8. The van der Waals surface area contributed by atoms with Gasteiger partial charge < -0.3 is 118 Å². The number of allylic oxidation sites excluding steroid dienone is 1. The lowest BCUT2D eigenvalue weighted by molar-refractivity contribution is -0.374. The first-order chi connectivity index (χ1) is 35.2. The molecule has 74 heavy (non-hydrogen) atoms. The van der Waals surface area contributed by atoms with E-state index in [1.807, 2.05) is 0 Å². The molecule has 5 unspecified atom stereocenters. The fraction of sp³-hybridized carbons (Fsp3) is 0.960. The minimum absolute atomic E-state index is 0.0387. The van der Waals surface area contributed by atoms with Crippen LogP contribution in [0.5, 0.6) is 0 Å². The van der Waals surface area contributed by atoms with Gasteiger partial charge in [-0.15, -0.1) is 0 Å². The summed E-state index contributed by atoms with van der Waals surface area (Å²) in [5.41, 5.74) is 1.13. The van der Waals surface area contributed by atoms with Crippen LogP contribution in [0.15, 0.2) is 11.6 Å². The van der Waals surface area contributed by atoms with Gasteiger partial charge >= 0.3 is 0 Å². The fourth-order valence-electron chi connectivity index (χ4n) is 14.6. The maximum Gasteiger partial charge on any atom is 0.187 e. The van der Waals surface area contributed by atoms with Crippen molar-refractivity contribution in [1.82, 2.24) is 0 Å². The Kier molecular flexibility index (Phi) is 16.4. The molecule has 24 nitrogen and oxygen atoms in total. The molecule has 1 spiro atoms. The third-order valence-electron chi connectivity index (χ3n) is 19.1. The van der Waals surface area contributed by atoms with Crippen LogP contribution in [0.2, 0.25) is 0 Å². The van der Waals surface area contributed by atoms with E-state index in [9.17, 15) is 66.4 Å². The highest BCUT2D eigenvalue weighted by Gasteiger charge is 2.70. The Balaban J connectivity index is 0.734. The molecule has 7 aliphatic heterocycles. The van der Waals surface area contributed by atoms with Crippen LogP contribution in [0, 0.1) is 40.4 Å². The third kappa shape index (κ3) is 9.57. The van der Waals surface area contributed by atoms with Crippen molar-refractivity contribution in [2.24, 2.45) is 40.4 Å². The zero-order chi connectivity index (χ0) is 52.9. The second-order valence-corrected chi connectivity index (χ2v) is 23.5. The first-order valence-corrected chi connectivity index (χ1v) is 26.7. The van der Waals surface area contributed by atoms with Gasteiger partial charge in [0.2, 0.25) is 0 Å². The van der Waals surface area contributed by atoms with Crippen molar-refractivity contribution in [1.29, 1.82) is 0 Å². The summed E-state index contributed by atoms with van der Waals surface area (Å²) in [5.74, 6) is 1.12. The molecule has 0 radical (unpaired) electrons. The van der Waals surface area contributed by atoms with E-state index in [2.05, 4.69) is 33.8 Å². The topological polar surface area (TPSA) is 365 Å². The molecular formula is C50H80O24. The first kappa shape index (κ1) is 56.1. The quantitative estimate of drug-likeness (QED) is 0.0838. The van der Waals surface area contributed by atoms with E-state index in [-0.39, 0.29) is 35.1 Å². The Morgan fingerprint density at radius 1 is 0.581 bits per heavy atom. The van der Waals surface area contributed by atoms with E-state index in [1.54, 1.807) is 0 Å². The Morgan fingerprint density at radius 2 is 1.14 bits per heavy atom. The lowest BCUT2D eigenvalue weighted by atomic mass is 9.48. The van der Waals surface area contributed by atoms with E-state index in [1.165, 1.54) is 5.57 Å². The number of aliphatic hydroxyl groups excluding tert-OH is 13. The maximum atomic E-state index is 11.5. The molecule has 13 N–H and O–H groups in total. The van der Waals surface area contributed by atoms with Crippen LogP contribution in [-0.4, -0.2) is 247 Å². The molecule has 10 aliphatic rings. The Labute approximate surface area is 428 Å². The standard InChI is InChI=1S/C50H80O24/c1-19-7-12-50(65-17-19)20(2)29-43(74-50)73-42-23-6-5-21-13-22(8-10-48(21,3)24(23)9-11-49(29,42)4)66-45-39(63)35(59)41(27(16-53)69-45)72-47-37(61)33(57)31(55)28(70-47)18-64-44-38(62)34(58)40(26(15-52)68-44)71-46-36(60)32(56)30(54)25(14-51)67-46/h5,19-20,22-47,51-63H,6-18H2,1-4H3/t19-,20+,22+,23?,24?,25-,26-,27-,28-,29?,30-,31-,32+,33+,34-,35-,36-,37-,38-,39-,40-,41-,42?,43?,44-,45-,46+,47+,48+,49-,50-/m1/s1. The Hall–Kier alpha value is -1.22. The second kappa shape index (κ2) is 21.7. The average molecular weight is 1070 g/mol. The molecule has 9 fully saturated rings. The molecule has 0 aromatic rings. The molecule has 424 valence electrons. The van der Waals surface area contributed by atoms with Crippen molar-refractivity contribution in [3.8, 4) is 0 Å². The summed E-state index contributed by atoms with van der Waals surface area (Å²) in [6, 6.07) is 0. The van der Waals surface area contributed by atoms with Crippen molar-refractivity contribution in [3.05, 3.63) is 11.6 Å². The fourth-order valence-corrected chi connectivity index (χ4v) is 14.6. The van der Waals surface area contributed by atoms with Crippen LogP contribution in [-0.2, 0) is 52.1 Å². The highest BCUT2D eigenvalue weighted by Crippen LogP contribution is 2.68. The predicted molar refractivity (Wildman–Crippen MR) is 245 cm³/mol. The monoisotopic (exact) mass is 1060 g/mol. The lowest BCUT2D eigenvalue weighted by Crippen LogP contribution is -2.66. The molecule has 24 heteroatoms. The van der Waals surface area contributed by atoms with Crippen LogP contribution in [0.3, 0.4) is 0 Å². The number of ether oxygens (including phenoxy) is 11. The van der Waals surface area contributed by atoms with E-state index < -0.39 is 161 Å². The molecule has 7 heterocycles. The highest BCUT2D eigenvalue weighted by molar-refractivity contribution is 5.26. The summed E-state index contributed by atoms with van der Waals surface area (Å²) < 4.78 is 66.5. The SMILES string of the molecule is C[C@@H]1CC[C@@]2(OC1)OC1OC3C4CC=C5C[C@@H](O[C@@H]6O[C@H](CO)[C@@H](O[C@@H]7O[C@H](CO[C@@H]8O[C@H](CO)[C@@H](O[C@@H]9O[C@H](CO)[C@@H](O)[C@H](O)[C@H]9O)[C@H](O)[C@H]8O)[C@@H](O)[C@H](O)[C@H]7O)[C@H](O)[C@H]6O)CC[C@]5(C)C4CC[C@]3(C)C1[C@@H]2C. The van der Waals surface area contributed by atoms with Crippen molar-refractivity contribution < 1.29 is 118 Å². The predicted octanol–water partition coefficient (Wildman–Crippen LogP) is -3.65. The third-order valence-corrected chi connectivity index (χ3v) is 19.1. The number of hydrogen-bond donors (Lipinski definition) is 13. The molecule has 0 amide bonds. The van der Waals surface area contributed by atoms with Crippen LogP contribution in [0.1, 0.15) is 79.1 Å². The smallest absolute Gasteiger partial charge is 0.187 e. The van der Waals surface area contributed by atoms with Gasteiger partial charge in [0.05, 0.1) is 45.2 Å². The van der Waals surface area contributed by atoms with Gasteiger partial charge in [-0.05, 0) is 68.1 Å². The van der Waals surface area contributed by atoms with Gasteiger partial charge in [-0.3, -0.25) is 0 Å². The number of aliphatic hydroxyl groups is 13. The van der Waals surface area contributed by atoms with Gasteiger partial charge in [0.1, 0.15) is 97.7 Å². The summed E-state index contributed by atoms with van der Waals surface area (Å²) in [7, 11) is 0. The summed E-state index contributed by atoms with van der Waals surface area (Å²) in [5, 5.41) is 139. The summed E-state index contributed by atoms with van der Waals surface area (Å²) in [4.78, 5) is 0. The van der Waals surface area contributed by atoms with E-state index in [4.69, 9.17) is 52.1 Å². The van der Waals surface area contributed by atoms with E-state index in [0.29, 0.717) is 37.2 Å². The molecule has 10 rings (SSSR count). The van der Waals surface area contributed by atoms with Crippen molar-refractivity contribution >= 4 is 0 Å². The minimum Gasteiger partial charge on any atom is -0.394 e. The molecule has 31 atom stereocenters. The Morgan fingerprint density at radius 3 is 1.74 bits per heavy atom. The zero-order valence-corrected chi connectivity index (χ0v) is 42.2. The summed E-state index contributed by atoms with van der Waals surface area (Å²) >= 11 is 0. The molecule has 3 aliphatic carbocycles. The molecule has 0 bridgehead atoms. The zero-order valence-electron chi connectivity index (χ0n) is 42.2. The normalized spacial score (nSPS) is 56.5. The number of hydrogen-bond acceptors (Lipinski definition) is 24. The van der Waals surface area contributed by atoms with Crippen LogP contribution in [0.4, 0.5) is 0 Å². The molecular weight excluding hydrogens is 985 g/mol. The van der Waals surface area contributed by atoms with E-state index >= 15 is 0 Å². The van der Waals surface area contributed by atoms with Gasteiger partial charge in [-0.2, -0.15) is 0 Å². The van der Waals surface area contributed by atoms with Gasteiger partial charge in [0.25, 0.3) is 0 Å². The number of fused-ring (bicyclic) bond motifs is 7. The summed E-state index contributed by atoms with van der Waals surface area (Å²) in [6.45, 7) is 6.88. The van der Waals surface area contributed by atoms with Gasteiger partial charge in [0.15, 0.2) is 37.2 Å². The maximum absolute atomic E-state index is 11.5. The van der Waals surface area contributed by atoms with Gasteiger partial charge in [-0.1, -0.05) is 39.3 Å². The molecule has 0 aromatic heterocycles. The first-order valence-electron chi connectivity index (χ1n) is 26.7. The second-order valence-electron chi connectivity index (χ2n) is 23.5. The van der Waals surface area contributed by atoms with Gasteiger partial charge in [-0.25, -0.2) is 0 Å². The lowest BCUT2D eigenvalue weighted by Gasteiger charge is -2.57. The average Bonchev–Trinajstić information content (AvgIpc) is 3.87. The molecule has 0 aromatic carbocycles. The van der Waals surface area contributed by atoms with Crippen LogP contribution in [0.25, 0.3) is 0 Å². The Bertz CT molecular complexity index is 1940. The molecule has 2 saturated carbocycles. The minimum atomic E-state index is -1.95. The van der Waals surface area contributed by atoms with Gasteiger partial charge in [0, 0.05) is 23.7 Å². The van der Waals surface area contributed by atoms with Crippen molar-refractivity contribution in [2.45, 2.75) is 226 Å². The number of rotatable bonds is 12. The van der Waals surface area contributed by atoms with Crippen molar-refractivity contribution in [2.75, 3.05) is 33.0 Å². The van der Waals surface area contributed by atoms with Crippen molar-refractivity contribution in [3.63, 3.8) is 0 Å². The van der Waals surface area contributed by atoms with Crippen LogP contribution < -0.4 is 0 Å². The summed E-state index contributed by atoms with van der Waals surface area (Å²) in [6.07, 6.45) is -25.5. The van der Waals surface area contributed by atoms with E-state index in [0.717, 1.165) is 38.5 Å². The largest absolute Gasteiger partial charge is 0.394 e.